The first-order valence-electron chi connectivity index (χ1n) is 7.87. The summed E-state index contributed by atoms with van der Waals surface area (Å²) in [6.45, 7) is 3.36. The van der Waals surface area contributed by atoms with Gasteiger partial charge in [0.1, 0.15) is 6.04 Å². The van der Waals surface area contributed by atoms with E-state index in [0.717, 1.165) is 16.1 Å². The maximum absolute atomic E-state index is 12.6. The molecule has 7 nitrogen and oxygen atoms in total. The third kappa shape index (κ3) is 4.40. The van der Waals surface area contributed by atoms with Gasteiger partial charge in [-0.2, -0.15) is 0 Å². The molecule has 2 aromatic rings. The fraction of sp³-hybridized carbons (Fsp3) is 0.222. The van der Waals surface area contributed by atoms with Crippen LogP contribution in [-0.4, -0.2) is 32.5 Å². The molecule has 0 aliphatic rings. The highest BCUT2D eigenvalue weighted by Gasteiger charge is 2.29. The quantitative estimate of drug-likeness (QED) is 0.803. The number of nitrogens with two attached hydrogens (primary N) is 1. The minimum absolute atomic E-state index is 0.147. The maximum atomic E-state index is 12.6. The van der Waals surface area contributed by atoms with Gasteiger partial charge in [0.2, 0.25) is 15.9 Å². The van der Waals surface area contributed by atoms with E-state index in [0.29, 0.717) is 5.69 Å². The van der Waals surface area contributed by atoms with Crippen molar-refractivity contribution in [3.63, 3.8) is 0 Å². The van der Waals surface area contributed by atoms with Crippen LogP contribution in [0.2, 0.25) is 0 Å². The summed E-state index contributed by atoms with van der Waals surface area (Å²) in [5, 5.41) is 2.58. The molecule has 26 heavy (non-hydrogen) atoms. The van der Waals surface area contributed by atoms with Crippen molar-refractivity contribution in [2.24, 2.45) is 5.73 Å². The second-order valence-electron chi connectivity index (χ2n) is 5.97. The normalized spacial score (nSPS) is 12.3. The lowest BCUT2D eigenvalue weighted by molar-refractivity contribution is -0.116. The van der Waals surface area contributed by atoms with E-state index in [4.69, 9.17) is 5.73 Å². The molecule has 0 saturated heterocycles. The second-order valence-corrected chi connectivity index (χ2v) is 7.83. The van der Waals surface area contributed by atoms with E-state index >= 15 is 0 Å². The average Bonchev–Trinajstić information content (AvgIpc) is 2.55. The lowest BCUT2D eigenvalue weighted by Crippen LogP contribution is -2.45. The fourth-order valence-electron chi connectivity index (χ4n) is 2.54. The summed E-state index contributed by atoms with van der Waals surface area (Å²) in [5.74, 6) is -1.27. The van der Waals surface area contributed by atoms with Gasteiger partial charge in [-0.3, -0.25) is 13.9 Å². The molecule has 0 spiro atoms. The number of rotatable bonds is 6. The number of carbonyl (C=O) groups is 2. The van der Waals surface area contributed by atoms with E-state index in [1.54, 1.807) is 36.4 Å². The van der Waals surface area contributed by atoms with Crippen molar-refractivity contribution in [1.82, 2.24) is 0 Å². The van der Waals surface area contributed by atoms with E-state index in [2.05, 4.69) is 5.32 Å². The number of amides is 2. The van der Waals surface area contributed by atoms with Crippen molar-refractivity contribution in [2.45, 2.75) is 19.9 Å². The molecule has 1 atom stereocenters. The molecule has 0 unspecified atom stereocenters. The molecule has 2 rings (SSSR count). The number of hydrogen-bond acceptors (Lipinski definition) is 4. The molecule has 138 valence electrons. The maximum Gasteiger partial charge on any atom is 0.250 e. The minimum atomic E-state index is -3.71. The SMILES string of the molecule is Cc1ccc(N([C@H](C)C(=O)Nc2ccccc2C(N)=O)S(C)(=O)=O)cc1. The topological polar surface area (TPSA) is 110 Å². The highest BCUT2D eigenvalue weighted by molar-refractivity contribution is 7.92. The van der Waals surface area contributed by atoms with Gasteiger partial charge in [-0.25, -0.2) is 8.42 Å². The van der Waals surface area contributed by atoms with Crippen molar-refractivity contribution in [3.05, 3.63) is 59.7 Å². The number of anilines is 2. The Morgan fingerprint density at radius 2 is 1.65 bits per heavy atom. The Kier molecular flexibility index (Phi) is 5.66. The van der Waals surface area contributed by atoms with Gasteiger partial charge in [0.05, 0.1) is 23.2 Å². The molecule has 0 heterocycles. The molecule has 0 saturated carbocycles. The zero-order valence-corrected chi connectivity index (χ0v) is 15.6. The molecular formula is C18H21N3O4S. The van der Waals surface area contributed by atoms with Crippen LogP contribution in [0, 0.1) is 6.92 Å². The summed E-state index contributed by atoms with van der Waals surface area (Å²) in [6.07, 6.45) is 1.04. The number of hydrogen-bond donors (Lipinski definition) is 2. The van der Waals surface area contributed by atoms with Crippen molar-refractivity contribution < 1.29 is 18.0 Å². The van der Waals surface area contributed by atoms with Crippen LogP contribution in [-0.2, 0) is 14.8 Å². The third-order valence-electron chi connectivity index (χ3n) is 3.83. The van der Waals surface area contributed by atoms with Crippen molar-refractivity contribution in [3.8, 4) is 0 Å². The molecule has 0 aliphatic carbocycles. The molecule has 0 aliphatic heterocycles. The average molecular weight is 375 g/mol. The summed E-state index contributed by atoms with van der Waals surface area (Å²) in [7, 11) is -3.71. The summed E-state index contributed by atoms with van der Waals surface area (Å²) < 4.78 is 25.6. The zero-order valence-electron chi connectivity index (χ0n) is 14.8. The molecule has 2 aromatic carbocycles. The predicted octanol–water partition coefficient (Wildman–Crippen LogP) is 1.89. The van der Waals surface area contributed by atoms with Crippen molar-refractivity contribution in [2.75, 3.05) is 15.9 Å². The first-order valence-corrected chi connectivity index (χ1v) is 9.72. The predicted molar refractivity (Wildman–Crippen MR) is 102 cm³/mol. The summed E-state index contributed by atoms with van der Waals surface area (Å²) >= 11 is 0. The Morgan fingerprint density at radius 1 is 1.08 bits per heavy atom. The zero-order chi connectivity index (χ0) is 19.5. The molecule has 3 N–H and O–H groups in total. The first kappa shape index (κ1) is 19.5. The van der Waals surface area contributed by atoms with Crippen LogP contribution in [0.25, 0.3) is 0 Å². The lowest BCUT2D eigenvalue weighted by Gasteiger charge is -2.28. The van der Waals surface area contributed by atoms with Crippen LogP contribution in [0.1, 0.15) is 22.8 Å². The molecule has 8 heteroatoms. The van der Waals surface area contributed by atoms with Crippen LogP contribution in [0.5, 0.6) is 0 Å². The number of sulfonamides is 1. The van der Waals surface area contributed by atoms with Crippen molar-refractivity contribution >= 4 is 33.2 Å². The smallest absolute Gasteiger partial charge is 0.250 e. The second kappa shape index (κ2) is 7.57. The molecule has 0 radical (unpaired) electrons. The monoisotopic (exact) mass is 375 g/mol. The largest absolute Gasteiger partial charge is 0.366 e. The van der Waals surface area contributed by atoms with Gasteiger partial charge in [-0.05, 0) is 38.1 Å². The number of benzene rings is 2. The van der Waals surface area contributed by atoms with Gasteiger partial charge in [0, 0.05) is 0 Å². The molecule has 0 aromatic heterocycles. The van der Waals surface area contributed by atoms with E-state index in [9.17, 15) is 18.0 Å². The van der Waals surface area contributed by atoms with Crippen LogP contribution in [0.3, 0.4) is 0 Å². The van der Waals surface area contributed by atoms with E-state index in [-0.39, 0.29) is 11.3 Å². The van der Waals surface area contributed by atoms with Crippen molar-refractivity contribution in [1.29, 1.82) is 0 Å². The molecule has 2 amide bonds. The summed E-state index contributed by atoms with van der Waals surface area (Å²) in [6, 6.07) is 12.0. The van der Waals surface area contributed by atoms with Crippen LogP contribution >= 0.6 is 0 Å². The number of aryl methyl sites for hydroxylation is 1. The molecule has 0 bridgehead atoms. The van der Waals surface area contributed by atoms with Gasteiger partial charge in [0.15, 0.2) is 0 Å². The Hall–Kier alpha value is -2.87. The standard InChI is InChI=1S/C18H21N3O4S/c1-12-8-10-14(11-9-12)21(26(3,24)25)13(2)18(23)20-16-7-5-4-6-15(16)17(19)22/h4-11,13H,1-3H3,(H2,19,22)(H,20,23)/t13-/m1/s1. The van der Waals surface area contributed by atoms with E-state index < -0.39 is 27.9 Å². The van der Waals surface area contributed by atoms with Crippen LogP contribution in [0.15, 0.2) is 48.5 Å². The molecule has 0 fully saturated rings. The third-order valence-corrected chi connectivity index (χ3v) is 5.07. The van der Waals surface area contributed by atoms with Gasteiger partial charge >= 0.3 is 0 Å². The van der Waals surface area contributed by atoms with Gasteiger partial charge in [-0.15, -0.1) is 0 Å². The van der Waals surface area contributed by atoms with E-state index in [1.807, 2.05) is 6.92 Å². The Morgan fingerprint density at radius 3 is 2.19 bits per heavy atom. The van der Waals surface area contributed by atoms with Gasteiger partial charge in [-0.1, -0.05) is 29.8 Å². The summed E-state index contributed by atoms with van der Waals surface area (Å²) in [4.78, 5) is 24.1. The highest BCUT2D eigenvalue weighted by atomic mass is 32.2. The Bertz CT molecular complexity index is 924. The Labute approximate surface area is 152 Å². The van der Waals surface area contributed by atoms with Crippen LogP contribution < -0.4 is 15.4 Å². The fourth-order valence-corrected chi connectivity index (χ4v) is 3.72. The number of primary amides is 1. The lowest BCUT2D eigenvalue weighted by atomic mass is 10.1. The Balaban J connectivity index is 2.34. The first-order chi connectivity index (χ1) is 12.1. The highest BCUT2D eigenvalue weighted by Crippen LogP contribution is 2.23. The van der Waals surface area contributed by atoms with E-state index in [1.165, 1.54) is 19.1 Å². The number of carbonyl (C=O) groups excluding carboxylic acids is 2. The molecular weight excluding hydrogens is 354 g/mol. The number of nitrogens with zero attached hydrogens (tertiary/aromatic N) is 1. The van der Waals surface area contributed by atoms with Gasteiger partial charge in [0.25, 0.3) is 5.91 Å². The number of para-hydroxylation sites is 1. The summed E-state index contributed by atoms with van der Waals surface area (Å²) in [5.41, 5.74) is 7.03. The minimum Gasteiger partial charge on any atom is -0.366 e. The van der Waals surface area contributed by atoms with Crippen LogP contribution in [0.4, 0.5) is 11.4 Å². The van der Waals surface area contributed by atoms with Gasteiger partial charge < -0.3 is 11.1 Å². The number of nitrogens with one attached hydrogen (secondary N) is 1.